The van der Waals surface area contributed by atoms with E-state index >= 15 is 0 Å². The van der Waals surface area contributed by atoms with Crippen LogP contribution in [-0.4, -0.2) is 55.6 Å². The summed E-state index contributed by atoms with van der Waals surface area (Å²) in [6.07, 6.45) is 6.85. The van der Waals surface area contributed by atoms with Crippen molar-refractivity contribution in [3.8, 4) is 0 Å². The standard InChI is InChI=1S/C13H27N3/c1-15(2)12-7-8-16(9-12)10-13(14)11-5-3-4-6-11/h11-13H,3-10,14H2,1-2H3. The van der Waals surface area contributed by atoms with Gasteiger partial charge in [0.2, 0.25) is 0 Å². The highest BCUT2D eigenvalue weighted by molar-refractivity contribution is 4.86. The fraction of sp³-hybridized carbons (Fsp3) is 1.00. The Morgan fingerprint density at radius 1 is 1.25 bits per heavy atom. The Morgan fingerprint density at radius 2 is 1.94 bits per heavy atom. The van der Waals surface area contributed by atoms with E-state index < -0.39 is 0 Å². The maximum Gasteiger partial charge on any atom is 0.0229 e. The van der Waals surface area contributed by atoms with Crippen LogP contribution in [-0.2, 0) is 0 Å². The molecule has 0 amide bonds. The number of likely N-dealkylation sites (N-methyl/N-ethyl adjacent to an activating group) is 1. The van der Waals surface area contributed by atoms with Crippen molar-refractivity contribution < 1.29 is 0 Å². The molecule has 2 unspecified atom stereocenters. The Hall–Kier alpha value is -0.120. The minimum Gasteiger partial charge on any atom is -0.326 e. The van der Waals surface area contributed by atoms with E-state index in [1.54, 1.807) is 0 Å². The Bertz CT molecular complexity index is 211. The molecule has 2 aliphatic rings. The molecule has 0 bridgehead atoms. The van der Waals surface area contributed by atoms with Gasteiger partial charge in [0.25, 0.3) is 0 Å². The molecule has 2 atom stereocenters. The molecule has 2 fully saturated rings. The van der Waals surface area contributed by atoms with E-state index in [2.05, 4.69) is 23.9 Å². The molecule has 2 rings (SSSR count). The maximum absolute atomic E-state index is 6.33. The quantitative estimate of drug-likeness (QED) is 0.779. The predicted octanol–water partition coefficient (Wildman–Crippen LogP) is 1.14. The zero-order chi connectivity index (χ0) is 11.5. The molecule has 16 heavy (non-hydrogen) atoms. The molecule has 1 aliphatic carbocycles. The molecule has 3 nitrogen and oxygen atoms in total. The number of hydrogen-bond acceptors (Lipinski definition) is 3. The second-order valence-electron chi connectivity index (χ2n) is 5.87. The zero-order valence-corrected chi connectivity index (χ0v) is 10.9. The van der Waals surface area contributed by atoms with Crippen molar-refractivity contribution in [1.29, 1.82) is 0 Å². The van der Waals surface area contributed by atoms with E-state index in [1.165, 1.54) is 45.2 Å². The number of hydrogen-bond donors (Lipinski definition) is 1. The molecule has 3 heteroatoms. The summed E-state index contributed by atoms with van der Waals surface area (Å²) in [6, 6.07) is 1.17. The van der Waals surface area contributed by atoms with Crippen LogP contribution in [0, 0.1) is 5.92 Å². The van der Waals surface area contributed by atoms with Crippen molar-refractivity contribution in [2.45, 2.75) is 44.2 Å². The second-order valence-corrected chi connectivity index (χ2v) is 5.87. The molecule has 0 spiro atoms. The number of rotatable bonds is 4. The smallest absolute Gasteiger partial charge is 0.0229 e. The van der Waals surface area contributed by atoms with Gasteiger partial charge in [0.1, 0.15) is 0 Å². The summed E-state index contributed by atoms with van der Waals surface area (Å²) in [5.41, 5.74) is 6.33. The first-order valence-electron chi connectivity index (χ1n) is 6.81. The van der Waals surface area contributed by atoms with Gasteiger partial charge in [-0.3, -0.25) is 0 Å². The minimum absolute atomic E-state index is 0.420. The Balaban J connectivity index is 1.73. The SMILES string of the molecule is CN(C)C1CCN(CC(N)C2CCCC2)C1. The first-order valence-corrected chi connectivity index (χ1v) is 6.81. The van der Waals surface area contributed by atoms with Crippen LogP contribution in [0.4, 0.5) is 0 Å². The van der Waals surface area contributed by atoms with Crippen molar-refractivity contribution in [1.82, 2.24) is 9.80 Å². The Morgan fingerprint density at radius 3 is 2.50 bits per heavy atom. The summed E-state index contributed by atoms with van der Waals surface area (Å²) in [5.74, 6) is 0.804. The topological polar surface area (TPSA) is 32.5 Å². The molecule has 0 aromatic rings. The van der Waals surface area contributed by atoms with Crippen molar-refractivity contribution in [3.63, 3.8) is 0 Å². The van der Waals surface area contributed by atoms with E-state index in [1.807, 2.05) is 0 Å². The van der Waals surface area contributed by atoms with Crippen LogP contribution in [0.15, 0.2) is 0 Å². The van der Waals surface area contributed by atoms with Crippen LogP contribution < -0.4 is 5.73 Å². The monoisotopic (exact) mass is 225 g/mol. The van der Waals surface area contributed by atoms with Gasteiger partial charge in [0.15, 0.2) is 0 Å². The number of likely N-dealkylation sites (tertiary alicyclic amines) is 1. The Labute approximate surface area is 100.0 Å². The molecular weight excluding hydrogens is 198 g/mol. The third kappa shape index (κ3) is 2.96. The molecule has 1 heterocycles. The highest BCUT2D eigenvalue weighted by Gasteiger charge is 2.28. The van der Waals surface area contributed by atoms with Crippen molar-refractivity contribution in [3.05, 3.63) is 0 Å². The average Bonchev–Trinajstić information content (AvgIpc) is 2.87. The van der Waals surface area contributed by atoms with Crippen LogP contribution in [0.1, 0.15) is 32.1 Å². The lowest BCUT2D eigenvalue weighted by Crippen LogP contribution is -2.42. The minimum atomic E-state index is 0.420. The van der Waals surface area contributed by atoms with Crippen LogP contribution in [0.25, 0.3) is 0 Å². The molecule has 2 N–H and O–H groups in total. The summed E-state index contributed by atoms with van der Waals surface area (Å²) in [6.45, 7) is 3.58. The van der Waals surface area contributed by atoms with Gasteiger partial charge in [0.05, 0.1) is 0 Å². The molecule has 0 aromatic heterocycles. The van der Waals surface area contributed by atoms with Gasteiger partial charge in [-0.1, -0.05) is 12.8 Å². The van der Waals surface area contributed by atoms with Gasteiger partial charge in [-0.25, -0.2) is 0 Å². The molecule has 1 aliphatic heterocycles. The lowest BCUT2D eigenvalue weighted by molar-refractivity contribution is 0.241. The first kappa shape index (κ1) is 12.3. The molecule has 94 valence electrons. The lowest BCUT2D eigenvalue weighted by atomic mass is 9.99. The van der Waals surface area contributed by atoms with Gasteiger partial charge >= 0.3 is 0 Å². The third-order valence-corrected chi connectivity index (χ3v) is 4.45. The van der Waals surface area contributed by atoms with Crippen molar-refractivity contribution in [2.75, 3.05) is 33.7 Å². The van der Waals surface area contributed by atoms with Gasteiger partial charge in [0, 0.05) is 25.2 Å². The lowest BCUT2D eigenvalue weighted by Gasteiger charge is -2.26. The summed E-state index contributed by atoms with van der Waals surface area (Å²) in [5, 5.41) is 0. The predicted molar refractivity (Wildman–Crippen MR) is 68.5 cm³/mol. The molecule has 1 saturated heterocycles. The first-order chi connectivity index (χ1) is 7.66. The fourth-order valence-corrected chi connectivity index (χ4v) is 3.23. The molecule has 1 saturated carbocycles. The van der Waals surface area contributed by atoms with E-state index in [0.29, 0.717) is 6.04 Å². The van der Waals surface area contributed by atoms with Crippen LogP contribution in [0.2, 0.25) is 0 Å². The summed E-state index contributed by atoms with van der Waals surface area (Å²) >= 11 is 0. The van der Waals surface area contributed by atoms with E-state index in [0.717, 1.165) is 18.5 Å². The number of nitrogens with zero attached hydrogens (tertiary/aromatic N) is 2. The van der Waals surface area contributed by atoms with Crippen LogP contribution in [0.5, 0.6) is 0 Å². The maximum atomic E-state index is 6.33. The summed E-state index contributed by atoms with van der Waals surface area (Å²) in [4.78, 5) is 4.91. The van der Waals surface area contributed by atoms with E-state index in [-0.39, 0.29) is 0 Å². The van der Waals surface area contributed by atoms with Gasteiger partial charge in [-0.2, -0.15) is 0 Å². The fourth-order valence-electron chi connectivity index (χ4n) is 3.23. The van der Waals surface area contributed by atoms with Gasteiger partial charge < -0.3 is 15.5 Å². The molecule has 0 radical (unpaired) electrons. The van der Waals surface area contributed by atoms with Crippen molar-refractivity contribution in [2.24, 2.45) is 11.7 Å². The summed E-state index contributed by atoms with van der Waals surface area (Å²) in [7, 11) is 4.37. The highest BCUT2D eigenvalue weighted by Crippen LogP contribution is 2.27. The van der Waals surface area contributed by atoms with Gasteiger partial charge in [-0.05, 0) is 45.8 Å². The van der Waals surface area contributed by atoms with E-state index in [4.69, 9.17) is 5.73 Å². The van der Waals surface area contributed by atoms with Crippen LogP contribution in [0.3, 0.4) is 0 Å². The average molecular weight is 225 g/mol. The van der Waals surface area contributed by atoms with Gasteiger partial charge in [-0.15, -0.1) is 0 Å². The largest absolute Gasteiger partial charge is 0.326 e. The summed E-state index contributed by atoms with van der Waals surface area (Å²) < 4.78 is 0. The Kier molecular flexibility index (Phi) is 4.22. The van der Waals surface area contributed by atoms with Crippen molar-refractivity contribution >= 4 is 0 Å². The molecular formula is C13H27N3. The second kappa shape index (κ2) is 5.48. The zero-order valence-electron chi connectivity index (χ0n) is 10.9. The van der Waals surface area contributed by atoms with Crippen LogP contribution >= 0.6 is 0 Å². The number of nitrogens with two attached hydrogens (primary N) is 1. The third-order valence-electron chi connectivity index (χ3n) is 4.45. The highest BCUT2D eigenvalue weighted by atomic mass is 15.2. The van der Waals surface area contributed by atoms with E-state index in [9.17, 15) is 0 Å². The molecule has 0 aromatic carbocycles. The normalized spacial score (nSPS) is 30.4.